The van der Waals surface area contributed by atoms with Gasteiger partial charge in [0.05, 0.1) is 22.2 Å². The number of carbonyl (C=O) groups excluding carboxylic acids is 1. The molecule has 0 aliphatic heterocycles. The van der Waals surface area contributed by atoms with E-state index in [4.69, 9.17) is 27.9 Å². The molecule has 7 heteroatoms. The summed E-state index contributed by atoms with van der Waals surface area (Å²) in [6.45, 7) is 2.38. The Balaban J connectivity index is 1.70. The second-order valence-electron chi connectivity index (χ2n) is 5.44. The fourth-order valence-electron chi connectivity index (χ4n) is 2.40. The Morgan fingerprint density at radius 2 is 2.00 bits per heavy atom. The van der Waals surface area contributed by atoms with Crippen LogP contribution < -0.4 is 10.1 Å². The summed E-state index contributed by atoms with van der Waals surface area (Å²) in [7, 11) is 0. The molecule has 0 aliphatic rings. The number of aromatic nitrogens is 1. The number of amides is 1. The Kier molecular flexibility index (Phi) is 6.14. The van der Waals surface area contributed by atoms with Gasteiger partial charge < -0.3 is 4.74 Å². The molecule has 0 unspecified atom stereocenters. The first kappa shape index (κ1) is 18.7. The van der Waals surface area contributed by atoms with Crippen molar-refractivity contribution in [3.8, 4) is 5.75 Å². The minimum atomic E-state index is -0.246. The van der Waals surface area contributed by atoms with E-state index >= 15 is 0 Å². The Labute approximate surface area is 165 Å². The number of para-hydroxylation sites is 1. The second-order valence-corrected chi connectivity index (χ2v) is 7.37. The van der Waals surface area contributed by atoms with Gasteiger partial charge in [-0.05, 0) is 36.8 Å². The maximum Gasteiger partial charge on any atom is 0.261 e. The van der Waals surface area contributed by atoms with Crippen molar-refractivity contribution < 1.29 is 9.53 Å². The smallest absolute Gasteiger partial charge is 0.261 e. The average Bonchev–Trinajstić information content (AvgIpc) is 3.06. The molecule has 0 saturated carbocycles. The summed E-state index contributed by atoms with van der Waals surface area (Å²) in [5, 5.41) is 4.41. The number of anilines is 1. The van der Waals surface area contributed by atoms with Crippen molar-refractivity contribution >= 4 is 45.6 Å². The Morgan fingerprint density at radius 1 is 1.19 bits per heavy atom. The zero-order valence-electron chi connectivity index (χ0n) is 14.0. The molecule has 0 aliphatic carbocycles. The number of nitrogens with one attached hydrogen (secondary N) is 1. The predicted molar refractivity (Wildman–Crippen MR) is 107 cm³/mol. The summed E-state index contributed by atoms with van der Waals surface area (Å²) in [5.74, 6) is 0.310. The number of halogens is 2. The molecule has 1 aromatic heterocycles. The molecule has 0 spiro atoms. The topological polar surface area (TPSA) is 51.2 Å². The second kappa shape index (κ2) is 8.54. The number of ether oxygens (including phenoxy) is 1. The van der Waals surface area contributed by atoms with E-state index in [9.17, 15) is 4.79 Å². The summed E-state index contributed by atoms with van der Waals surface area (Å²) in [4.78, 5) is 17.8. The zero-order chi connectivity index (χ0) is 18.5. The van der Waals surface area contributed by atoms with Crippen molar-refractivity contribution in [2.75, 3.05) is 11.9 Å². The van der Waals surface area contributed by atoms with Gasteiger partial charge in [0.2, 0.25) is 0 Å². The lowest BCUT2D eigenvalue weighted by Crippen LogP contribution is -2.13. The van der Waals surface area contributed by atoms with Crippen LogP contribution in [0.3, 0.4) is 0 Å². The van der Waals surface area contributed by atoms with E-state index in [-0.39, 0.29) is 5.91 Å². The molecule has 4 nitrogen and oxygen atoms in total. The van der Waals surface area contributed by atoms with E-state index in [1.807, 2.05) is 25.1 Å². The lowest BCUT2D eigenvalue weighted by Gasteiger charge is -2.08. The summed E-state index contributed by atoms with van der Waals surface area (Å²) in [6.07, 6.45) is 2.41. The standard InChI is InChI=1S/C19H16Cl2N2O2S/c1-2-25-17-6-4-3-5-14(17)18(24)23-19-22-11-13(26-19)9-12-7-8-15(20)16(21)10-12/h3-8,10-11H,2,9H2,1H3,(H,22,23,24). The van der Waals surface area contributed by atoms with Gasteiger partial charge in [-0.1, -0.05) is 41.4 Å². The van der Waals surface area contributed by atoms with E-state index in [0.29, 0.717) is 39.5 Å². The third-order valence-corrected chi connectivity index (χ3v) is 5.22. The number of rotatable bonds is 6. The van der Waals surface area contributed by atoms with Crippen LogP contribution in [0, 0.1) is 0 Å². The molecule has 3 aromatic rings. The Morgan fingerprint density at radius 3 is 2.77 bits per heavy atom. The largest absolute Gasteiger partial charge is 0.493 e. The van der Waals surface area contributed by atoms with E-state index in [2.05, 4.69) is 10.3 Å². The zero-order valence-corrected chi connectivity index (χ0v) is 16.3. The molecule has 0 atom stereocenters. The maximum atomic E-state index is 12.5. The first-order valence-electron chi connectivity index (χ1n) is 7.98. The summed E-state index contributed by atoms with van der Waals surface area (Å²) in [6, 6.07) is 12.7. The van der Waals surface area contributed by atoms with Crippen LogP contribution >= 0.6 is 34.5 Å². The first-order valence-corrected chi connectivity index (χ1v) is 9.56. The highest BCUT2D eigenvalue weighted by Crippen LogP contribution is 2.27. The molecule has 0 bridgehead atoms. The number of hydrogen-bond acceptors (Lipinski definition) is 4. The van der Waals surface area contributed by atoms with Crippen LogP contribution in [-0.2, 0) is 6.42 Å². The highest BCUT2D eigenvalue weighted by molar-refractivity contribution is 7.15. The van der Waals surface area contributed by atoms with Gasteiger partial charge in [0.1, 0.15) is 5.75 Å². The highest BCUT2D eigenvalue weighted by Gasteiger charge is 2.14. The minimum Gasteiger partial charge on any atom is -0.493 e. The average molecular weight is 407 g/mol. The number of hydrogen-bond donors (Lipinski definition) is 1. The molecule has 3 rings (SSSR count). The van der Waals surface area contributed by atoms with Gasteiger partial charge >= 0.3 is 0 Å². The molecular formula is C19H16Cl2N2O2S. The van der Waals surface area contributed by atoms with Crippen LogP contribution in [0.2, 0.25) is 10.0 Å². The van der Waals surface area contributed by atoms with Crippen LogP contribution in [0.15, 0.2) is 48.7 Å². The molecule has 1 N–H and O–H groups in total. The molecule has 26 heavy (non-hydrogen) atoms. The number of nitrogens with zero attached hydrogens (tertiary/aromatic N) is 1. The van der Waals surface area contributed by atoms with Crippen molar-refractivity contribution in [2.24, 2.45) is 0 Å². The third kappa shape index (κ3) is 4.55. The van der Waals surface area contributed by atoms with Crippen molar-refractivity contribution in [2.45, 2.75) is 13.3 Å². The fourth-order valence-corrected chi connectivity index (χ4v) is 3.56. The van der Waals surface area contributed by atoms with Crippen molar-refractivity contribution in [3.63, 3.8) is 0 Å². The lowest BCUT2D eigenvalue weighted by atomic mass is 10.1. The van der Waals surface area contributed by atoms with Gasteiger partial charge in [-0.3, -0.25) is 10.1 Å². The quantitative estimate of drug-likeness (QED) is 0.571. The lowest BCUT2D eigenvalue weighted by molar-refractivity contribution is 0.102. The summed E-state index contributed by atoms with van der Waals surface area (Å²) >= 11 is 13.4. The molecule has 0 fully saturated rings. The molecule has 0 radical (unpaired) electrons. The van der Waals surface area contributed by atoms with Crippen LogP contribution in [0.4, 0.5) is 5.13 Å². The van der Waals surface area contributed by atoms with Crippen LogP contribution in [-0.4, -0.2) is 17.5 Å². The van der Waals surface area contributed by atoms with Gasteiger partial charge in [0, 0.05) is 17.5 Å². The van der Waals surface area contributed by atoms with Crippen LogP contribution in [0.1, 0.15) is 27.7 Å². The van der Waals surface area contributed by atoms with Crippen molar-refractivity contribution in [1.29, 1.82) is 0 Å². The number of carbonyl (C=O) groups is 1. The molecule has 2 aromatic carbocycles. The normalized spacial score (nSPS) is 10.6. The van der Waals surface area contributed by atoms with E-state index in [1.54, 1.807) is 30.5 Å². The van der Waals surface area contributed by atoms with Crippen molar-refractivity contribution in [3.05, 3.63) is 74.7 Å². The number of benzene rings is 2. The van der Waals surface area contributed by atoms with E-state index in [0.717, 1.165) is 10.4 Å². The summed E-state index contributed by atoms with van der Waals surface area (Å²) in [5.41, 5.74) is 1.51. The Hall–Kier alpha value is -2.08. The van der Waals surface area contributed by atoms with E-state index in [1.165, 1.54) is 11.3 Å². The van der Waals surface area contributed by atoms with Gasteiger partial charge in [-0.25, -0.2) is 4.98 Å². The molecule has 1 amide bonds. The minimum absolute atomic E-state index is 0.246. The van der Waals surface area contributed by atoms with Crippen LogP contribution in [0.5, 0.6) is 5.75 Å². The SMILES string of the molecule is CCOc1ccccc1C(=O)Nc1ncc(Cc2ccc(Cl)c(Cl)c2)s1. The third-order valence-electron chi connectivity index (χ3n) is 3.57. The van der Waals surface area contributed by atoms with Gasteiger partial charge in [0.15, 0.2) is 5.13 Å². The number of thiazole rings is 1. The molecule has 0 saturated heterocycles. The molecule has 1 heterocycles. The van der Waals surface area contributed by atoms with Gasteiger partial charge in [-0.2, -0.15) is 0 Å². The first-order chi connectivity index (χ1) is 12.6. The van der Waals surface area contributed by atoms with Crippen molar-refractivity contribution in [1.82, 2.24) is 4.98 Å². The Bertz CT molecular complexity index is 927. The predicted octanol–water partition coefficient (Wildman–Crippen LogP) is 5.69. The van der Waals surface area contributed by atoms with E-state index < -0.39 is 0 Å². The highest BCUT2D eigenvalue weighted by atomic mass is 35.5. The monoisotopic (exact) mass is 406 g/mol. The summed E-state index contributed by atoms with van der Waals surface area (Å²) < 4.78 is 5.50. The van der Waals surface area contributed by atoms with Crippen LogP contribution in [0.25, 0.3) is 0 Å². The van der Waals surface area contributed by atoms with Gasteiger partial charge in [-0.15, -0.1) is 11.3 Å². The molecule has 134 valence electrons. The van der Waals surface area contributed by atoms with Gasteiger partial charge in [0.25, 0.3) is 5.91 Å². The molecular weight excluding hydrogens is 391 g/mol. The maximum absolute atomic E-state index is 12.5. The fraction of sp³-hybridized carbons (Fsp3) is 0.158.